The maximum Gasteiger partial charge on any atom is 0.341 e. The van der Waals surface area contributed by atoms with Crippen molar-refractivity contribution in [3.8, 4) is 5.75 Å². The number of hydrogen-bond donors (Lipinski definition) is 1. The van der Waals surface area contributed by atoms with Crippen molar-refractivity contribution in [2.24, 2.45) is 0 Å². The van der Waals surface area contributed by atoms with Gasteiger partial charge < -0.3 is 24.4 Å². The van der Waals surface area contributed by atoms with Crippen LogP contribution in [-0.2, 0) is 14.3 Å². The Balaban J connectivity index is 2.24. The van der Waals surface area contributed by atoms with Crippen molar-refractivity contribution >= 4 is 40.2 Å². The number of thiophene rings is 1. The van der Waals surface area contributed by atoms with Crippen molar-refractivity contribution in [2.45, 2.75) is 27.7 Å². The number of benzene rings is 1. The fourth-order valence-corrected chi connectivity index (χ4v) is 4.20. The van der Waals surface area contributed by atoms with E-state index < -0.39 is 11.9 Å². The summed E-state index contributed by atoms with van der Waals surface area (Å²) >= 11 is 1.08. The Morgan fingerprint density at radius 2 is 1.76 bits per heavy atom. The van der Waals surface area contributed by atoms with Gasteiger partial charge >= 0.3 is 5.97 Å². The standard InChI is InChI=1S/C24H30N2O6S/c1-6-26(7-2)23(28)21-16(4)20(24(29)31-8-3)22(33-21)25-19(27)14-11-17-9-12-18(13-10-17)32-15-30-5/h9-14H,6-8,15H2,1-5H3,(H,25,27)/b14-11+. The molecule has 0 atom stereocenters. The van der Waals surface area contributed by atoms with Crippen LogP contribution in [0, 0.1) is 6.92 Å². The van der Waals surface area contributed by atoms with Crippen LogP contribution < -0.4 is 10.1 Å². The first kappa shape index (κ1) is 26.1. The van der Waals surface area contributed by atoms with Crippen LogP contribution in [0.2, 0.25) is 0 Å². The number of anilines is 1. The number of methoxy groups -OCH3 is 1. The summed E-state index contributed by atoms with van der Waals surface area (Å²) in [4.78, 5) is 40.1. The first-order valence-electron chi connectivity index (χ1n) is 10.7. The monoisotopic (exact) mass is 474 g/mol. The highest BCUT2D eigenvalue weighted by molar-refractivity contribution is 7.18. The molecule has 0 aliphatic heterocycles. The third-order valence-corrected chi connectivity index (χ3v) is 5.95. The predicted molar refractivity (Wildman–Crippen MR) is 129 cm³/mol. The first-order valence-corrected chi connectivity index (χ1v) is 11.5. The molecule has 33 heavy (non-hydrogen) atoms. The topological polar surface area (TPSA) is 94.2 Å². The second kappa shape index (κ2) is 12.8. The second-order valence-corrected chi connectivity index (χ2v) is 7.92. The Kier molecular flexibility index (Phi) is 10.1. The summed E-state index contributed by atoms with van der Waals surface area (Å²) in [7, 11) is 1.54. The van der Waals surface area contributed by atoms with E-state index >= 15 is 0 Å². The molecule has 2 rings (SSSR count). The van der Waals surface area contributed by atoms with Crippen LogP contribution in [0.25, 0.3) is 6.08 Å². The van der Waals surface area contributed by atoms with Gasteiger partial charge in [0.25, 0.3) is 5.91 Å². The number of rotatable bonds is 11. The highest BCUT2D eigenvalue weighted by atomic mass is 32.1. The van der Waals surface area contributed by atoms with Gasteiger partial charge in [0, 0.05) is 26.3 Å². The lowest BCUT2D eigenvalue weighted by molar-refractivity contribution is -0.111. The SMILES string of the molecule is CCOC(=O)c1c(NC(=O)/C=C/c2ccc(OCOC)cc2)sc(C(=O)N(CC)CC)c1C. The molecule has 0 fully saturated rings. The zero-order chi connectivity index (χ0) is 24.4. The molecule has 0 unspecified atom stereocenters. The minimum absolute atomic E-state index is 0.152. The number of nitrogens with zero attached hydrogens (tertiary/aromatic N) is 1. The summed E-state index contributed by atoms with van der Waals surface area (Å²) in [6, 6.07) is 7.14. The van der Waals surface area contributed by atoms with E-state index in [1.54, 1.807) is 56.2 Å². The summed E-state index contributed by atoms with van der Waals surface area (Å²) in [6.07, 6.45) is 3.00. The lowest BCUT2D eigenvalue weighted by atomic mass is 10.1. The van der Waals surface area contributed by atoms with Gasteiger partial charge in [-0.05, 0) is 57.0 Å². The molecule has 0 saturated carbocycles. The van der Waals surface area contributed by atoms with Gasteiger partial charge in [0.15, 0.2) is 6.79 Å². The number of carbonyl (C=O) groups is 3. The Morgan fingerprint density at radius 1 is 1.09 bits per heavy atom. The molecule has 178 valence electrons. The molecular weight excluding hydrogens is 444 g/mol. The molecule has 1 aromatic carbocycles. The number of esters is 1. The van der Waals surface area contributed by atoms with Crippen LogP contribution in [-0.4, -0.2) is 56.3 Å². The summed E-state index contributed by atoms with van der Waals surface area (Å²) in [5.74, 6) is -0.531. The fourth-order valence-electron chi connectivity index (χ4n) is 3.04. The average molecular weight is 475 g/mol. The molecular formula is C24H30N2O6S. The normalized spacial score (nSPS) is 10.8. The van der Waals surface area contributed by atoms with Gasteiger partial charge in [-0.3, -0.25) is 9.59 Å². The molecule has 1 N–H and O–H groups in total. The minimum atomic E-state index is -0.573. The van der Waals surface area contributed by atoms with Crippen LogP contribution in [0.5, 0.6) is 5.75 Å². The van der Waals surface area contributed by atoms with Crippen molar-refractivity contribution < 1.29 is 28.6 Å². The minimum Gasteiger partial charge on any atom is -0.468 e. The maximum absolute atomic E-state index is 12.9. The summed E-state index contributed by atoms with van der Waals surface area (Å²) in [5.41, 5.74) is 1.50. The molecule has 0 aliphatic rings. The second-order valence-electron chi connectivity index (χ2n) is 6.90. The van der Waals surface area contributed by atoms with E-state index in [0.717, 1.165) is 16.9 Å². The number of amides is 2. The number of nitrogens with one attached hydrogen (secondary N) is 1. The number of carbonyl (C=O) groups excluding carboxylic acids is 3. The largest absolute Gasteiger partial charge is 0.468 e. The Labute approximate surface area is 198 Å². The van der Waals surface area contributed by atoms with E-state index in [4.69, 9.17) is 14.2 Å². The zero-order valence-corrected chi connectivity index (χ0v) is 20.4. The van der Waals surface area contributed by atoms with Crippen LogP contribution in [0.1, 0.15) is 51.9 Å². The van der Waals surface area contributed by atoms with Gasteiger partial charge in [-0.2, -0.15) is 0 Å². The highest BCUT2D eigenvalue weighted by Crippen LogP contribution is 2.34. The first-order chi connectivity index (χ1) is 15.9. The maximum atomic E-state index is 12.9. The van der Waals surface area contributed by atoms with Gasteiger partial charge in [0.05, 0.1) is 17.0 Å². The molecule has 2 amide bonds. The summed E-state index contributed by atoms with van der Waals surface area (Å²) < 4.78 is 15.4. The van der Waals surface area contributed by atoms with E-state index in [9.17, 15) is 14.4 Å². The lowest BCUT2D eigenvalue weighted by Crippen LogP contribution is -2.30. The fraction of sp³-hybridized carbons (Fsp3) is 0.375. The summed E-state index contributed by atoms with van der Waals surface area (Å²) in [6.45, 7) is 8.60. The van der Waals surface area contributed by atoms with Gasteiger partial charge in [-0.15, -0.1) is 11.3 Å². The van der Waals surface area contributed by atoms with Gasteiger partial charge in [0.1, 0.15) is 10.8 Å². The third kappa shape index (κ3) is 6.90. The highest BCUT2D eigenvalue weighted by Gasteiger charge is 2.28. The Hall–Kier alpha value is -3.17. The molecule has 9 heteroatoms. The molecule has 0 bridgehead atoms. The lowest BCUT2D eigenvalue weighted by Gasteiger charge is -2.18. The Bertz CT molecular complexity index is 993. The molecule has 0 aliphatic carbocycles. The quantitative estimate of drug-likeness (QED) is 0.296. The molecule has 1 heterocycles. The van der Waals surface area contributed by atoms with Crippen molar-refractivity contribution in [3.05, 3.63) is 51.9 Å². The average Bonchev–Trinajstić information content (AvgIpc) is 3.13. The number of ether oxygens (including phenoxy) is 3. The van der Waals surface area contributed by atoms with E-state index in [0.29, 0.717) is 34.3 Å². The van der Waals surface area contributed by atoms with Crippen LogP contribution in [0.4, 0.5) is 5.00 Å². The van der Waals surface area contributed by atoms with E-state index in [1.807, 2.05) is 13.8 Å². The third-order valence-electron chi connectivity index (χ3n) is 4.76. The molecule has 8 nitrogen and oxygen atoms in total. The van der Waals surface area contributed by atoms with Crippen molar-refractivity contribution in [2.75, 3.05) is 38.9 Å². The van der Waals surface area contributed by atoms with Crippen LogP contribution in [0.15, 0.2) is 30.3 Å². The Morgan fingerprint density at radius 3 is 2.33 bits per heavy atom. The zero-order valence-electron chi connectivity index (χ0n) is 19.6. The molecule has 2 aromatic rings. The van der Waals surface area contributed by atoms with Gasteiger partial charge in [0.2, 0.25) is 5.91 Å². The van der Waals surface area contributed by atoms with Gasteiger partial charge in [-0.1, -0.05) is 12.1 Å². The smallest absolute Gasteiger partial charge is 0.341 e. The van der Waals surface area contributed by atoms with E-state index in [-0.39, 0.29) is 24.9 Å². The molecule has 0 spiro atoms. The van der Waals surface area contributed by atoms with Gasteiger partial charge in [-0.25, -0.2) is 4.79 Å². The van der Waals surface area contributed by atoms with Crippen LogP contribution in [0.3, 0.4) is 0 Å². The number of hydrogen-bond acceptors (Lipinski definition) is 7. The molecule has 0 saturated heterocycles. The van der Waals surface area contributed by atoms with Crippen molar-refractivity contribution in [1.29, 1.82) is 0 Å². The predicted octanol–water partition coefficient (Wildman–Crippen LogP) is 4.35. The molecule has 0 radical (unpaired) electrons. The van der Waals surface area contributed by atoms with E-state index in [2.05, 4.69) is 5.32 Å². The summed E-state index contributed by atoms with van der Waals surface area (Å²) in [5, 5.41) is 3.02. The van der Waals surface area contributed by atoms with Crippen molar-refractivity contribution in [1.82, 2.24) is 4.90 Å². The van der Waals surface area contributed by atoms with E-state index in [1.165, 1.54) is 6.08 Å². The van der Waals surface area contributed by atoms with Crippen molar-refractivity contribution in [3.63, 3.8) is 0 Å². The molecule has 1 aromatic heterocycles. The van der Waals surface area contributed by atoms with Crippen LogP contribution >= 0.6 is 11.3 Å².